The largest absolute Gasteiger partial charge is 0.447 e. The molecule has 2 amide bonds. The maximum Gasteiger partial charge on any atom is 0.416 e. The molecule has 1 heterocycles. The Kier molecular flexibility index (Phi) is 6.98. The number of amides is 2. The normalized spacial score (nSPS) is 18.4. The van der Waals surface area contributed by atoms with Gasteiger partial charge < -0.3 is 9.84 Å². The van der Waals surface area contributed by atoms with Crippen LogP contribution >= 0.6 is 0 Å². The van der Waals surface area contributed by atoms with Crippen molar-refractivity contribution in [1.82, 2.24) is 4.90 Å². The Morgan fingerprint density at radius 2 is 1.83 bits per heavy atom. The van der Waals surface area contributed by atoms with Crippen molar-refractivity contribution >= 4 is 18.1 Å². The van der Waals surface area contributed by atoms with Crippen molar-refractivity contribution in [2.75, 3.05) is 6.61 Å². The Balaban J connectivity index is 1.76. The summed E-state index contributed by atoms with van der Waals surface area (Å²) < 4.78 is 5.15. The van der Waals surface area contributed by atoms with Crippen LogP contribution in [0.25, 0.3) is 6.08 Å². The van der Waals surface area contributed by atoms with E-state index in [4.69, 9.17) is 4.74 Å². The van der Waals surface area contributed by atoms with Gasteiger partial charge in [0, 0.05) is 0 Å². The summed E-state index contributed by atoms with van der Waals surface area (Å²) in [5.74, 6) is -1.25. The summed E-state index contributed by atoms with van der Waals surface area (Å²) in [7, 11) is 0. The number of ether oxygens (including phenoxy) is 1. The van der Waals surface area contributed by atoms with Crippen LogP contribution in [0.1, 0.15) is 17.5 Å². The summed E-state index contributed by atoms with van der Waals surface area (Å²) >= 11 is 0. The number of carbonyl (C=O) groups is 2. The van der Waals surface area contributed by atoms with Crippen molar-refractivity contribution in [3.05, 3.63) is 90.5 Å². The molecule has 3 atom stereocenters. The summed E-state index contributed by atoms with van der Waals surface area (Å²) in [6.45, 7) is 3.84. The van der Waals surface area contributed by atoms with E-state index in [1.807, 2.05) is 60.7 Å². The molecule has 0 aromatic heterocycles. The number of cyclic esters (lactones) is 1. The van der Waals surface area contributed by atoms with Crippen molar-refractivity contribution in [1.29, 1.82) is 0 Å². The van der Waals surface area contributed by atoms with Crippen molar-refractivity contribution in [3.63, 3.8) is 0 Å². The van der Waals surface area contributed by atoms with Gasteiger partial charge in [-0.1, -0.05) is 78.9 Å². The lowest BCUT2D eigenvalue weighted by Gasteiger charge is -2.26. The molecule has 1 aliphatic heterocycles. The highest BCUT2D eigenvalue weighted by Crippen LogP contribution is 2.24. The maximum absolute atomic E-state index is 13.2. The minimum Gasteiger partial charge on any atom is -0.447 e. The van der Waals surface area contributed by atoms with E-state index in [1.54, 1.807) is 18.2 Å². The van der Waals surface area contributed by atoms with Gasteiger partial charge >= 0.3 is 6.09 Å². The fraction of sp³-hybridized carbons (Fsp3) is 0.250. The molecule has 0 unspecified atom stereocenters. The molecule has 1 aliphatic rings. The van der Waals surface area contributed by atoms with Crippen LogP contribution in [0.3, 0.4) is 0 Å². The number of allylic oxidation sites excluding steroid dienone is 1. The van der Waals surface area contributed by atoms with Crippen LogP contribution < -0.4 is 0 Å². The van der Waals surface area contributed by atoms with E-state index in [-0.39, 0.29) is 13.0 Å². The molecule has 2 aromatic rings. The highest BCUT2D eigenvalue weighted by molar-refractivity contribution is 5.95. The van der Waals surface area contributed by atoms with E-state index < -0.39 is 30.1 Å². The zero-order valence-corrected chi connectivity index (χ0v) is 16.2. The van der Waals surface area contributed by atoms with Gasteiger partial charge in [-0.2, -0.15) is 0 Å². The molecule has 1 fully saturated rings. The number of imide groups is 1. The summed E-state index contributed by atoms with van der Waals surface area (Å²) in [4.78, 5) is 26.6. The molecule has 0 aliphatic carbocycles. The van der Waals surface area contributed by atoms with E-state index in [2.05, 4.69) is 6.58 Å². The fourth-order valence-electron chi connectivity index (χ4n) is 3.42. The Morgan fingerprint density at radius 1 is 1.17 bits per heavy atom. The van der Waals surface area contributed by atoms with Crippen LogP contribution in [0.4, 0.5) is 4.79 Å². The van der Waals surface area contributed by atoms with Crippen LogP contribution in [0, 0.1) is 5.92 Å². The second-order valence-corrected chi connectivity index (χ2v) is 7.02. The lowest BCUT2D eigenvalue weighted by atomic mass is 9.94. The topological polar surface area (TPSA) is 66.8 Å². The first-order valence-electron chi connectivity index (χ1n) is 9.66. The molecule has 0 bridgehead atoms. The molecule has 29 heavy (non-hydrogen) atoms. The van der Waals surface area contributed by atoms with Crippen LogP contribution in [0.15, 0.2) is 79.4 Å². The number of nitrogens with zero attached hydrogens (tertiary/aromatic N) is 1. The smallest absolute Gasteiger partial charge is 0.416 e. The van der Waals surface area contributed by atoms with E-state index in [0.29, 0.717) is 6.42 Å². The molecular weight excluding hydrogens is 366 g/mol. The number of aliphatic hydroxyl groups is 1. The molecule has 1 saturated heterocycles. The summed E-state index contributed by atoms with van der Waals surface area (Å²) in [6, 6.07) is 18.8. The number of carbonyl (C=O) groups excluding carboxylic acids is 2. The molecule has 2 aromatic carbocycles. The molecule has 5 heteroatoms. The first kappa shape index (κ1) is 20.6. The molecule has 0 radical (unpaired) electrons. The third kappa shape index (κ3) is 5.21. The first-order chi connectivity index (χ1) is 14.1. The Morgan fingerprint density at radius 3 is 2.48 bits per heavy atom. The van der Waals surface area contributed by atoms with Crippen molar-refractivity contribution in [2.45, 2.75) is 25.0 Å². The van der Waals surface area contributed by atoms with Gasteiger partial charge in [-0.05, 0) is 24.0 Å². The highest BCUT2D eigenvalue weighted by atomic mass is 16.6. The Hall–Kier alpha value is -3.18. The van der Waals surface area contributed by atoms with Gasteiger partial charge in [0.2, 0.25) is 5.91 Å². The minimum atomic E-state index is -1.05. The molecular formula is C24H25NO4. The summed E-state index contributed by atoms with van der Waals surface area (Å²) in [5.41, 5.74) is 1.93. The van der Waals surface area contributed by atoms with E-state index in [9.17, 15) is 14.7 Å². The third-order valence-corrected chi connectivity index (χ3v) is 4.95. The van der Waals surface area contributed by atoms with Gasteiger partial charge in [0.25, 0.3) is 0 Å². The quantitative estimate of drug-likeness (QED) is 0.694. The summed E-state index contributed by atoms with van der Waals surface area (Å²) in [5, 5.41) is 10.7. The molecule has 0 spiro atoms. The molecule has 5 nitrogen and oxygen atoms in total. The third-order valence-electron chi connectivity index (χ3n) is 4.95. The standard InChI is InChI=1S/C24H25NO4/c1-2-9-21(22(26)15-14-18-10-5-3-6-11-18)23(27)25-20(17-29-24(25)28)16-19-12-7-4-8-13-19/h2-8,10-15,20-22,26H,1,9,16-17H2/b15-14+/t20-,21+,22+/m1/s1. The summed E-state index contributed by atoms with van der Waals surface area (Å²) in [6.07, 6.45) is 3.97. The fourth-order valence-corrected chi connectivity index (χ4v) is 3.42. The molecule has 150 valence electrons. The second kappa shape index (κ2) is 9.85. The van der Waals surface area contributed by atoms with Crippen LogP contribution in [0.5, 0.6) is 0 Å². The lowest BCUT2D eigenvalue weighted by molar-refractivity contribution is -0.136. The van der Waals surface area contributed by atoms with Gasteiger partial charge in [-0.15, -0.1) is 6.58 Å². The van der Waals surface area contributed by atoms with Crippen LogP contribution in [-0.4, -0.2) is 40.8 Å². The Bertz CT molecular complexity index is 863. The number of hydrogen-bond donors (Lipinski definition) is 1. The number of hydrogen-bond acceptors (Lipinski definition) is 4. The first-order valence-corrected chi connectivity index (χ1v) is 9.66. The van der Waals surface area contributed by atoms with Crippen molar-refractivity contribution in [3.8, 4) is 0 Å². The average molecular weight is 391 g/mol. The SMILES string of the molecule is C=CC[C@H](C(=O)N1C(=O)OC[C@H]1Cc1ccccc1)[C@@H](O)/C=C/c1ccccc1. The number of aliphatic hydroxyl groups excluding tert-OH is 1. The molecule has 1 N–H and O–H groups in total. The van der Waals surface area contributed by atoms with E-state index >= 15 is 0 Å². The number of benzene rings is 2. The predicted octanol–water partition coefficient (Wildman–Crippen LogP) is 3.84. The maximum atomic E-state index is 13.2. The Labute approximate surface area is 170 Å². The lowest BCUT2D eigenvalue weighted by Crippen LogP contribution is -2.46. The number of rotatable bonds is 8. The van der Waals surface area contributed by atoms with Gasteiger partial charge in [0.05, 0.1) is 18.1 Å². The second-order valence-electron chi connectivity index (χ2n) is 7.02. The average Bonchev–Trinajstić information content (AvgIpc) is 3.11. The minimum absolute atomic E-state index is 0.149. The van der Waals surface area contributed by atoms with Crippen molar-refractivity contribution in [2.24, 2.45) is 5.92 Å². The van der Waals surface area contributed by atoms with Crippen LogP contribution in [0.2, 0.25) is 0 Å². The monoisotopic (exact) mass is 391 g/mol. The zero-order chi connectivity index (χ0) is 20.6. The highest BCUT2D eigenvalue weighted by Gasteiger charge is 2.41. The molecule has 3 rings (SSSR count). The van der Waals surface area contributed by atoms with Gasteiger partial charge in [-0.25, -0.2) is 9.69 Å². The van der Waals surface area contributed by atoms with Gasteiger partial charge in [0.1, 0.15) is 6.61 Å². The zero-order valence-electron chi connectivity index (χ0n) is 16.2. The predicted molar refractivity (Wildman–Crippen MR) is 112 cm³/mol. The van der Waals surface area contributed by atoms with Crippen molar-refractivity contribution < 1.29 is 19.4 Å². The van der Waals surface area contributed by atoms with Crippen LogP contribution in [-0.2, 0) is 16.0 Å². The molecule has 0 saturated carbocycles. The van der Waals surface area contributed by atoms with E-state index in [0.717, 1.165) is 16.0 Å². The van der Waals surface area contributed by atoms with Gasteiger partial charge in [0.15, 0.2) is 0 Å². The van der Waals surface area contributed by atoms with E-state index in [1.165, 1.54) is 0 Å². The van der Waals surface area contributed by atoms with Gasteiger partial charge in [-0.3, -0.25) is 4.79 Å².